The van der Waals surface area contributed by atoms with Crippen LogP contribution in [0.15, 0.2) is 29.4 Å². The van der Waals surface area contributed by atoms with Gasteiger partial charge >= 0.3 is 0 Å². The zero-order valence-corrected chi connectivity index (χ0v) is 11.3. The van der Waals surface area contributed by atoms with E-state index in [4.69, 9.17) is 0 Å². The highest BCUT2D eigenvalue weighted by atomic mass is 32.2. The van der Waals surface area contributed by atoms with Crippen molar-refractivity contribution >= 4 is 15.7 Å². The molecule has 18 heavy (non-hydrogen) atoms. The number of aryl methyl sites for hydroxylation is 3. The van der Waals surface area contributed by atoms with Crippen LogP contribution < -0.4 is 4.72 Å². The number of hydrogen-bond donors (Lipinski definition) is 2. The van der Waals surface area contributed by atoms with Crippen molar-refractivity contribution in [2.75, 3.05) is 4.72 Å². The maximum absolute atomic E-state index is 12.3. The van der Waals surface area contributed by atoms with Crippen LogP contribution in [0.3, 0.4) is 0 Å². The summed E-state index contributed by atoms with van der Waals surface area (Å²) in [5, 5.41) is 6.27. The van der Waals surface area contributed by atoms with Crippen LogP contribution in [0.2, 0.25) is 0 Å². The second-order valence-electron chi connectivity index (χ2n) is 4.32. The first kappa shape index (κ1) is 12.6. The van der Waals surface area contributed by atoms with E-state index in [9.17, 15) is 8.42 Å². The third kappa shape index (κ3) is 2.38. The molecule has 0 fully saturated rings. The molecular weight excluding hydrogens is 250 g/mol. The van der Waals surface area contributed by atoms with Crippen molar-refractivity contribution in [3.63, 3.8) is 0 Å². The van der Waals surface area contributed by atoms with Gasteiger partial charge in [0.15, 0.2) is 0 Å². The Bertz CT molecular complexity index is 638. The van der Waals surface area contributed by atoms with Crippen molar-refractivity contribution in [1.82, 2.24) is 10.2 Å². The normalized spacial score (nSPS) is 11.5. The van der Waals surface area contributed by atoms with Crippen LogP contribution in [0.4, 0.5) is 5.69 Å². The fraction of sp³-hybridized carbons (Fsp3) is 0.250. The number of aromatic nitrogens is 2. The fourth-order valence-electron chi connectivity index (χ4n) is 2.10. The summed E-state index contributed by atoms with van der Waals surface area (Å²) < 4.78 is 27.1. The lowest BCUT2D eigenvalue weighted by Crippen LogP contribution is -2.15. The van der Waals surface area contributed by atoms with Gasteiger partial charge in [-0.25, -0.2) is 8.42 Å². The molecule has 2 N–H and O–H groups in total. The molecule has 5 nitrogen and oxygen atoms in total. The zero-order chi connectivity index (χ0) is 13.3. The van der Waals surface area contributed by atoms with E-state index in [1.807, 2.05) is 19.1 Å². The number of anilines is 1. The Morgan fingerprint density at radius 2 is 1.78 bits per heavy atom. The Balaban J connectivity index is 2.48. The summed E-state index contributed by atoms with van der Waals surface area (Å²) in [4.78, 5) is 0.328. The van der Waals surface area contributed by atoms with Gasteiger partial charge in [0.05, 0.1) is 16.8 Å². The molecule has 1 aromatic carbocycles. The molecule has 2 rings (SSSR count). The molecule has 0 unspecified atom stereocenters. The molecule has 6 heteroatoms. The lowest BCUT2D eigenvalue weighted by molar-refractivity contribution is 0.600. The highest BCUT2D eigenvalue weighted by molar-refractivity contribution is 7.92. The molecular formula is C12H15N3O2S. The van der Waals surface area contributed by atoms with E-state index in [-0.39, 0.29) is 0 Å². The lowest BCUT2D eigenvalue weighted by Gasteiger charge is -2.12. The molecule has 0 radical (unpaired) electrons. The molecule has 0 saturated heterocycles. The molecule has 1 heterocycles. The molecule has 0 aliphatic rings. The summed E-state index contributed by atoms with van der Waals surface area (Å²) >= 11 is 0. The molecule has 96 valence electrons. The largest absolute Gasteiger partial charge is 0.284 e. The Kier molecular flexibility index (Phi) is 3.13. The minimum Gasteiger partial charge on any atom is -0.284 e. The van der Waals surface area contributed by atoms with Gasteiger partial charge in [0.2, 0.25) is 0 Å². The van der Waals surface area contributed by atoms with Crippen molar-refractivity contribution in [3.8, 4) is 0 Å². The van der Waals surface area contributed by atoms with Gasteiger partial charge in [-0.1, -0.05) is 17.7 Å². The molecule has 0 atom stereocenters. The Hall–Kier alpha value is -1.82. The number of rotatable bonds is 3. The van der Waals surface area contributed by atoms with Crippen LogP contribution in [0.5, 0.6) is 0 Å². The monoisotopic (exact) mass is 265 g/mol. The predicted molar refractivity (Wildman–Crippen MR) is 70.0 cm³/mol. The predicted octanol–water partition coefficient (Wildman–Crippen LogP) is 2.14. The average molecular weight is 265 g/mol. The van der Waals surface area contributed by atoms with E-state index in [0.717, 1.165) is 16.7 Å². The summed E-state index contributed by atoms with van der Waals surface area (Å²) in [6, 6.07) is 3.72. The highest BCUT2D eigenvalue weighted by Crippen LogP contribution is 2.23. The number of nitrogens with zero attached hydrogens (tertiary/aromatic N) is 1. The summed E-state index contributed by atoms with van der Waals surface area (Å²) in [6.07, 6.45) is 2.92. The van der Waals surface area contributed by atoms with Crippen molar-refractivity contribution < 1.29 is 8.42 Å². The van der Waals surface area contributed by atoms with Crippen LogP contribution in [-0.4, -0.2) is 18.6 Å². The number of aromatic amines is 1. The number of sulfonamides is 1. The first-order valence-corrected chi connectivity index (χ1v) is 6.98. The van der Waals surface area contributed by atoms with E-state index in [2.05, 4.69) is 14.9 Å². The van der Waals surface area contributed by atoms with Crippen molar-refractivity contribution in [2.45, 2.75) is 25.7 Å². The van der Waals surface area contributed by atoms with Gasteiger partial charge in [0.25, 0.3) is 10.0 Å². The van der Waals surface area contributed by atoms with E-state index >= 15 is 0 Å². The third-order valence-electron chi connectivity index (χ3n) is 2.62. The first-order chi connectivity index (χ1) is 8.40. The molecule has 0 spiro atoms. The first-order valence-electron chi connectivity index (χ1n) is 5.49. The van der Waals surface area contributed by atoms with E-state index in [1.54, 1.807) is 13.8 Å². The molecule has 0 saturated carbocycles. The van der Waals surface area contributed by atoms with E-state index in [0.29, 0.717) is 10.6 Å². The fourth-order valence-corrected chi connectivity index (χ4v) is 3.59. The minimum atomic E-state index is -3.57. The van der Waals surface area contributed by atoms with Gasteiger partial charge < -0.3 is 0 Å². The van der Waals surface area contributed by atoms with Crippen LogP contribution in [-0.2, 0) is 10.0 Å². The molecule has 0 amide bonds. The summed E-state index contributed by atoms with van der Waals surface area (Å²) in [5.41, 5.74) is 2.95. The van der Waals surface area contributed by atoms with Gasteiger partial charge in [-0.3, -0.25) is 9.82 Å². The Morgan fingerprint density at radius 1 is 1.17 bits per heavy atom. The van der Waals surface area contributed by atoms with Gasteiger partial charge in [-0.05, 0) is 31.9 Å². The van der Waals surface area contributed by atoms with Gasteiger partial charge in [0.1, 0.15) is 0 Å². The molecule has 0 bridgehead atoms. The summed E-state index contributed by atoms with van der Waals surface area (Å²) in [6.45, 7) is 5.54. The van der Waals surface area contributed by atoms with Crippen LogP contribution in [0, 0.1) is 20.8 Å². The van der Waals surface area contributed by atoms with Gasteiger partial charge in [0, 0.05) is 6.20 Å². The maximum Gasteiger partial charge on any atom is 0.262 e. The summed E-state index contributed by atoms with van der Waals surface area (Å²) in [5.74, 6) is 0. The average Bonchev–Trinajstić information content (AvgIpc) is 2.66. The smallest absolute Gasteiger partial charge is 0.262 e. The van der Waals surface area contributed by atoms with Crippen molar-refractivity contribution in [2.24, 2.45) is 0 Å². The molecule has 1 aromatic heterocycles. The second-order valence-corrected chi connectivity index (χ2v) is 5.94. The molecule has 0 aliphatic carbocycles. The zero-order valence-electron chi connectivity index (χ0n) is 10.5. The van der Waals surface area contributed by atoms with Crippen LogP contribution in [0.1, 0.15) is 16.7 Å². The van der Waals surface area contributed by atoms with Gasteiger partial charge in [-0.2, -0.15) is 5.10 Å². The Labute approximate surface area is 106 Å². The highest BCUT2D eigenvalue weighted by Gasteiger charge is 2.20. The third-order valence-corrected chi connectivity index (χ3v) is 4.31. The number of benzene rings is 1. The minimum absolute atomic E-state index is 0.328. The number of H-pyrrole nitrogens is 1. The SMILES string of the molecule is Cc1cc(C)c(S(=O)(=O)Nc2cn[nH]c2)c(C)c1. The Morgan fingerprint density at radius 3 is 2.28 bits per heavy atom. The van der Waals surface area contributed by atoms with Crippen molar-refractivity contribution in [3.05, 3.63) is 41.2 Å². The molecule has 0 aliphatic heterocycles. The van der Waals surface area contributed by atoms with Crippen LogP contribution in [0.25, 0.3) is 0 Å². The van der Waals surface area contributed by atoms with Crippen molar-refractivity contribution in [1.29, 1.82) is 0 Å². The topological polar surface area (TPSA) is 74.8 Å². The van der Waals surface area contributed by atoms with E-state index in [1.165, 1.54) is 12.4 Å². The number of nitrogens with one attached hydrogen (secondary N) is 2. The quantitative estimate of drug-likeness (QED) is 0.892. The second kappa shape index (κ2) is 4.45. The lowest BCUT2D eigenvalue weighted by atomic mass is 10.1. The van der Waals surface area contributed by atoms with Crippen LogP contribution >= 0.6 is 0 Å². The standard InChI is InChI=1S/C12H15N3O2S/c1-8-4-9(2)12(10(3)5-8)18(16,17)15-11-6-13-14-7-11/h4-7,15H,1-3H3,(H,13,14). The van der Waals surface area contributed by atoms with E-state index < -0.39 is 10.0 Å². The maximum atomic E-state index is 12.3. The number of hydrogen-bond acceptors (Lipinski definition) is 3. The van der Waals surface area contributed by atoms with Gasteiger partial charge in [-0.15, -0.1) is 0 Å². The summed E-state index contributed by atoms with van der Waals surface area (Å²) in [7, 11) is -3.57. The molecule has 2 aromatic rings.